The summed E-state index contributed by atoms with van der Waals surface area (Å²) in [6.07, 6.45) is 1.50. The third-order valence-corrected chi connectivity index (χ3v) is 3.83. The maximum Gasteiger partial charge on any atom is 0.0943 e. The summed E-state index contributed by atoms with van der Waals surface area (Å²) in [7, 11) is 0. The van der Waals surface area contributed by atoms with Gasteiger partial charge >= 0.3 is 0 Å². The highest BCUT2D eigenvalue weighted by Gasteiger charge is 2.35. The van der Waals surface area contributed by atoms with Crippen LogP contribution >= 0.6 is 0 Å². The fourth-order valence-corrected chi connectivity index (χ4v) is 2.61. The van der Waals surface area contributed by atoms with E-state index in [1.54, 1.807) is 0 Å². The molecule has 1 N–H and O–H groups in total. The fourth-order valence-electron chi connectivity index (χ4n) is 2.61. The van der Waals surface area contributed by atoms with Crippen molar-refractivity contribution in [3.63, 3.8) is 0 Å². The van der Waals surface area contributed by atoms with Crippen molar-refractivity contribution < 1.29 is 9.84 Å². The fraction of sp³-hybridized carbons (Fsp3) is 0.625. The van der Waals surface area contributed by atoms with Crippen LogP contribution < -0.4 is 0 Å². The van der Waals surface area contributed by atoms with E-state index in [-0.39, 0.29) is 11.5 Å². The van der Waals surface area contributed by atoms with Crippen LogP contribution in [-0.4, -0.2) is 17.8 Å². The molecule has 2 nitrogen and oxygen atoms in total. The number of benzene rings is 1. The van der Waals surface area contributed by atoms with Crippen molar-refractivity contribution in [3.8, 4) is 0 Å². The Morgan fingerprint density at radius 1 is 1.22 bits per heavy atom. The van der Waals surface area contributed by atoms with Gasteiger partial charge in [-0.25, -0.2) is 0 Å². The van der Waals surface area contributed by atoms with Gasteiger partial charge in [0.25, 0.3) is 0 Å². The van der Waals surface area contributed by atoms with Crippen LogP contribution in [0.5, 0.6) is 0 Å². The molecule has 2 heteroatoms. The van der Waals surface area contributed by atoms with Crippen LogP contribution in [0.4, 0.5) is 0 Å². The van der Waals surface area contributed by atoms with Crippen LogP contribution in [0, 0.1) is 0 Å². The molecule has 0 saturated carbocycles. The van der Waals surface area contributed by atoms with Gasteiger partial charge in [0, 0.05) is 12.8 Å². The second-order valence-electron chi connectivity index (χ2n) is 6.49. The Hall–Kier alpha value is -0.860. The van der Waals surface area contributed by atoms with Crippen LogP contribution in [0.2, 0.25) is 0 Å². The molecule has 2 unspecified atom stereocenters. The molecular weight excluding hydrogens is 224 g/mol. The lowest BCUT2D eigenvalue weighted by Crippen LogP contribution is -2.37. The van der Waals surface area contributed by atoms with Crippen molar-refractivity contribution in [2.45, 2.75) is 57.7 Å². The summed E-state index contributed by atoms with van der Waals surface area (Å²) in [5, 5.41) is 10.7. The molecule has 0 bridgehead atoms. The summed E-state index contributed by atoms with van der Waals surface area (Å²) in [5.74, 6) is 0. The molecule has 1 aliphatic heterocycles. The van der Waals surface area contributed by atoms with E-state index in [0.29, 0.717) is 19.4 Å². The lowest BCUT2D eigenvalue weighted by atomic mass is 9.81. The van der Waals surface area contributed by atoms with Gasteiger partial charge in [-0.05, 0) is 23.5 Å². The topological polar surface area (TPSA) is 29.5 Å². The van der Waals surface area contributed by atoms with Crippen molar-refractivity contribution in [2.24, 2.45) is 0 Å². The highest BCUT2D eigenvalue weighted by atomic mass is 16.5. The van der Waals surface area contributed by atoms with Gasteiger partial charge in [0.1, 0.15) is 0 Å². The summed E-state index contributed by atoms with van der Waals surface area (Å²) in [5.41, 5.74) is 1.76. The van der Waals surface area contributed by atoms with Gasteiger partial charge in [0.15, 0.2) is 0 Å². The van der Waals surface area contributed by atoms with E-state index >= 15 is 0 Å². The Labute approximate surface area is 110 Å². The molecule has 1 aromatic rings. The molecule has 18 heavy (non-hydrogen) atoms. The van der Waals surface area contributed by atoms with Crippen LogP contribution in [0.15, 0.2) is 24.3 Å². The third kappa shape index (κ3) is 2.76. The molecule has 1 aromatic carbocycles. The summed E-state index contributed by atoms with van der Waals surface area (Å²) >= 11 is 0. The monoisotopic (exact) mass is 248 g/mol. The molecule has 1 fully saturated rings. The minimum Gasteiger partial charge on any atom is -0.385 e. The number of aliphatic hydroxyl groups is 1. The van der Waals surface area contributed by atoms with Crippen LogP contribution in [0.25, 0.3) is 0 Å². The Balaban J connectivity index is 2.23. The van der Waals surface area contributed by atoms with Crippen molar-refractivity contribution in [1.82, 2.24) is 0 Å². The Kier molecular flexibility index (Phi) is 3.52. The Morgan fingerprint density at radius 3 is 2.33 bits per heavy atom. The van der Waals surface area contributed by atoms with Crippen LogP contribution in [0.3, 0.4) is 0 Å². The van der Waals surface area contributed by atoms with Crippen molar-refractivity contribution in [1.29, 1.82) is 0 Å². The molecule has 0 amide bonds. The zero-order valence-corrected chi connectivity index (χ0v) is 11.9. The summed E-state index contributed by atoms with van der Waals surface area (Å²) in [4.78, 5) is 0. The highest BCUT2D eigenvalue weighted by Crippen LogP contribution is 2.35. The molecule has 0 spiro atoms. The van der Waals surface area contributed by atoms with Gasteiger partial charge < -0.3 is 9.84 Å². The number of hydrogen-bond acceptors (Lipinski definition) is 2. The maximum absolute atomic E-state index is 10.7. The van der Waals surface area contributed by atoms with E-state index in [0.717, 1.165) is 5.56 Å². The van der Waals surface area contributed by atoms with E-state index in [9.17, 15) is 5.11 Å². The van der Waals surface area contributed by atoms with Crippen molar-refractivity contribution in [2.75, 3.05) is 6.61 Å². The van der Waals surface area contributed by atoms with E-state index in [4.69, 9.17) is 4.74 Å². The second kappa shape index (κ2) is 4.67. The molecule has 1 aliphatic rings. The highest BCUT2D eigenvalue weighted by molar-refractivity contribution is 5.31. The largest absolute Gasteiger partial charge is 0.385 e. The zero-order valence-electron chi connectivity index (χ0n) is 11.9. The summed E-state index contributed by atoms with van der Waals surface area (Å²) in [6.45, 7) is 9.26. The molecule has 1 saturated heterocycles. The van der Waals surface area contributed by atoms with Gasteiger partial charge in [0.05, 0.1) is 18.3 Å². The zero-order chi connectivity index (χ0) is 13.4. The van der Waals surface area contributed by atoms with Gasteiger partial charge in [0.2, 0.25) is 0 Å². The first kappa shape index (κ1) is 13.6. The first-order valence-corrected chi connectivity index (χ1v) is 6.76. The average Bonchev–Trinajstić information content (AvgIpc) is 2.28. The minimum atomic E-state index is -0.714. The Morgan fingerprint density at radius 2 is 1.83 bits per heavy atom. The van der Waals surface area contributed by atoms with Gasteiger partial charge in [-0.2, -0.15) is 0 Å². The predicted octanol–water partition coefficient (Wildman–Crippen LogP) is 3.37. The van der Waals surface area contributed by atoms with E-state index in [2.05, 4.69) is 45.0 Å². The lowest BCUT2D eigenvalue weighted by molar-refractivity contribution is -0.101. The number of rotatable bonds is 1. The molecular formula is C16H24O2. The quantitative estimate of drug-likeness (QED) is 0.825. The molecule has 2 atom stereocenters. The number of ether oxygens (including phenoxy) is 1. The summed E-state index contributed by atoms with van der Waals surface area (Å²) < 4.78 is 5.51. The average molecular weight is 248 g/mol. The molecule has 0 radical (unpaired) electrons. The molecule has 100 valence electrons. The van der Waals surface area contributed by atoms with Gasteiger partial charge in [-0.1, -0.05) is 45.0 Å². The van der Waals surface area contributed by atoms with Crippen LogP contribution in [-0.2, 0) is 15.8 Å². The van der Waals surface area contributed by atoms with Gasteiger partial charge in [-0.3, -0.25) is 0 Å². The lowest BCUT2D eigenvalue weighted by Gasteiger charge is -2.36. The summed E-state index contributed by atoms with van der Waals surface area (Å²) in [6, 6.07) is 8.40. The second-order valence-corrected chi connectivity index (χ2v) is 6.49. The Bertz CT molecular complexity index is 402. The third-order valence-electron chi connectivity index (χ3n) is 3.83. The van der Waals surface area contributed by atoms with E-state index in [1.807, 2.05) is 6.92 Å². The predicted molar refractivity (Wildman–Crippen MR) is 73.7 cm³/mol. The first-order chi connectivity index (χ1) is 8.31. The molecule has 0 aliphatic carbocycles. The maximum atomic E-state index is 10.7. The standard InChI is InChI=1S/C16H24O2/c1-12-11-16(17,9-10-18-12)14-7-5-13(6-8-14)15(2,3)4/h5-8,12,17H,9-11H2,1-4H3. The van der Waals surface area contributed by atoms with E-state index < -0.39 is 5.60 Å². The molecule has 2 rings (SSSR count). The van der Waals surface area contributed by atoms with E-state index in [1.165, 1.54) is 5.56 Å². The van der Waals surface area contributed by atoms with Crippen molar-refractivity contribution >= 4 is 0 Å². The minimum absolute atomic E-state index is 0.131. The number of hydrogen-bond donors (Lipinski definition) is 1. The molecule has 0 aromatic heterocycles. The normalized spacial score (nSPS) is 29.3. The smallest absolute Gasteiger partial charge is 0.0943 e. The SMILES string of the molecule is CC1CC(O)(c2ccc(C(C)(C)C)cc2)CCO1. The van der Waals surface area contributed by atoms with Gasteiger partial charge in [-0.15, -0.1) is 0 Å². The first-order valence-electron chi connectivity index (χ1n) is 6.76. The molecule has 1 heterocycles. The van der Waals surface area contributed by atoms with Crippen molar-refractivity contribution in [3.05, 3.63) is 35.4 Å². The van der Waals surface area contributed by atoms with Crippen LogP contribution in [0.1, 0.15) is 51.7 Å².